The number of benzene rings is 3. The summed E-state index contributed by atoms with van der Waals surface area (Å²) in [7, 11) is 0. The fourth-order valence-corrected chi connectivity index (χ4v) is 5.28. The summed E-state index contributed by atoms with van der Waals surface area (Å²) in [4.78, 5) is 24.8. The van der Waals surface area contributed by atoms with Crippen molar-refractivity contribution >= 4 is 28.3 Å². The molecule has 6 heteroatoms. The van der Waals surface area contributed by atoms with E-state index in [4.69, 9.17) is 36.5 Å². The van der Waals surface area contributed by atoms with E-state index in [1.165, 1.54) is 0 Å². The normalized spacial score (nSPS) is 12.4. The van der Waals surface area contributed by atoms with Crippen LogP contribution in [0.4, 0.5) is 0 Å². The SMILES string of the molecule is C=C/C=C(\C=C/C)c1nc(Cl)c(-c2cccc(C)c2)nc1C(/C=C(\C)c1nc(-c2ccccc2)nc(-c2ccccc2)n1)=C/C(=C)C. The predicted molar refractivity (Wildman–Crippen MR) is 197 cm³/mol. The van der Waals surface area contributed by atoms with Crippen LogP contribution in [0.1, 0.15) is 43.5 Å². The van der Waals surface area contributed by atoms with Crippen molar-refractivity contribution in [1.82, 2.24) is 24.9 Å². The van der Waals surface area contributed by atoms with Gasteiger partial charge < -0.3 is 0 Å². The van der Waals surface area contributed by atoms with Gasteiger partial charge in [0.05, 0.1) is 11.4 Å². The monoisotopic (exact) mass is 633 g/mol. The highest BCUT2D eigenvalue weighted by molar-refractivity contribution is 6.32. The number of rotatable bonds is 10. The summed E-state index contributed by atoms with van der Waals surface area (Å²) < 4.78 is 0. The van der Waals surface area contributed by atoms with Crippen LogP contribution in [0.2, 0.25) is 5.15 Å². The van der Waals surface area contributed by atoms with Crippen molar-refractivity contribution in [3.8, 4) is 34.0 Å². The van der Waals surface area contributed by atoms with E-state index in [9.17, 15) is 0 Å². The van der Waals surface area contributed by atoms with Gasteiger partial charge in [-0.3, -0.25) is 0 Å². The molecule has 5 aromatic rings. The minimum atomic E-state index is 0.307. The third-order valence-electron chi connectivity index (χ3n) is 7.16. The molecule has 2 heterocycles. The second-order valence-electron chi connectivity index (χ2n) is 11.1. The topological polar surface area (TPSA) is 64.5 Å². The van der Waals surface area contributed by atoms with Crippen LogP contribution in [-0.2, 0) is 0 Å². The largest absolute Gasteiger partial charge is 0.242 e. The maximum atomic E-state index is 6.87. The zero-order chi connectivity index (χ0) is 33.3. The van der Waals surface area contributed by atoms with Crippen LogP contribution in [0, 0.1) is 6.92 Å². The summed E-state index contributed by atoms with van der Waals surface area (Å²) in [5.74, 6) is 1.72. The van der Waals surface area contributed by atoms with Gasteiger partial charge in [0.25, 0.3) is 0 Å². The van der Waals surface area contributed by atoms with E-state index in [0.29, 0.717) is 39.7 Å². The molecule has 0 atom stereocenters. The van der Waals surface area contributed by atoms with Gasteiger partial charge in [0.2, 0.25) is 0 Å². The van der Waals surface area contributed by atoms with Gasteiger partial charge in [-0.15, -0.1) is 0 Å². The fraction of sp³-hybridized carbons (Fsp3) is 0.0976. The Morgan fingerprint density at radius 1 is 0.702 bits per heavy atom. The molecule has 0 aliphatic rings. The molecule has 0 unspecified atom stereocenters. The lowest BCUT2D eigenvalue weighted by Gasteiger charge is -2.15. The summed E-state index contributed by atoms with van der Waals surface area (Å²) >= 11 is 6.87. The summed E-state index contributed by atoms with van der Waals surface area (Å²) in [6, 6.07) is 27.9. The molecule has 3 aromatic carbocycles. The van der Waals surface area contributed by atoms with Crippen molar-refractivity contribution in [2.45, 2.75) is 27.7 Å². The highest BCUT2D eigenvalue weighted by Crippen LogP contribution is 2.34. The molecule has 0 saturated heterocycles. The number of halogens is 1. The minimum Gasteiger partial charge on any atom is -0.242 e. The lowest BCUT2D eigenvalue weighted by atomic mass is 9.99. The zero-order valence-electron chi connectivity index (χ0n) is 27.1. The fourth-order valence-electron chi connectivity index (χ4n) is 5.04. The minimum absolute atomic E-state index is 0.307. The van der Waals surface area contributed by atoms with Gasteiger partial charge in [-0.05, 0) is 45.4 Å². The lowest BCUT2D eigenvalue weighted by molar-refractivity contribution is 1.03. The van der Waals surface area contributed by atoms with Crippen molar-refractivity contribution in [1.29, 1.82) is 0 Å². The van der Waals surface area contributed by atoms with E-state index in [1.54, 1.807) is 6.08 Å². The summed E-state index contributed by atoms with van der Waals surface area (Å²) in [5.41, 5.74) is 8.88. The summed E-state index contributed by atoms with van der Waals surface area (Å²) in [6.45, 7) is 16.1. The van der Waals surface area contributed by atoms with Gasteiger partial charge in [-0.25, -0.2) is 24.9 Å². The first kappa shape index (κ1) is 32.9. The predicted octanol–water partition coefficient (Wildman–Crippen LogP) is 10.8. The van der Waals surface area contributed by atoms with Crippen LogP contribution >= 0.6 is 11.6 Å². The van der Waals surface area contributed by atoms with Crippen LogP contribution in [0.15, 0.2) is 140 Å². The molecular weight excluding hydrogens is 598 g/mol. The third kappa shape index (κ3) is 8.01. The van der Waals surface area contributed by atoms with E-state index in [1.807, 2.05) is 137 Å². The number of aryl methyl sites for hydroxylation is 1. The summed E-state index contributed by atoms with van der Waals surface area (Å²) in [5, 5.41) is 0.307. The molecule has 0 bridgehead atoms. The molecule has 5 nitrogen and oxygen atoms in total. The number of aromatic nitrogens is 5. The van der Waals surface area contributed by atoms with Crippen molar-refractivity contribution in [3.05, 3.63) is 168 Å². The van der Waals surface area contributed by atoms with E-state index in [0.717, 1.165) is 44.5 Å². The quantitative estimate of drug-likeness (QED) is 0.143. The summed E-state index contributed by atoms with van der Waals surface area (Å²) in [6.07, 6.45) is 11.6. The van der Waals surface area contributed by atoms with Crippen molar-refractivity contribution < 1.29 is 0 Å². The second kappa shape index (κ2) is 15.2. The smallest absolute Gasteiger partial charge is 0.164 e. The average molecular weight is 634 g/mol. The van der Waals surface area contributed by atoms with Gasteiger partial charge in [0.15, 0.2) is 22.6 Å². The average Bonchev–Trinajstić information content (AvgIpc) is 3.08. The van der Waals surface area contributed by atoms with Crippen LogP contribution in [0.5, 0.6) is 0 Å². The van der Waals surface area contributed by atoms with Crippen molar-refractivity contribution in [2.24, 2.45) is 0 Å². The van der Waals surface area contributed by atoms with Gasteiger partial charge in [0.1, 0.15) is 5.69 Å². The highest BCUT2D eigenvalue weighted by Gasteiger charge is 2.20. The molecule has 0 spiro atoms. The number of hydrogen-bond acceptors (Lipinski definition) is 5. The van der Waals surface area contributed by atoms with Crippen LogP contribution < -0.4 is 0 Å². The van der Waals surface area contributed by atoms with E-state index in [-0.39, 0.29) is 0 Å². The molecule has 0 aliphatic carbocycles. The van der Waals surface area contributed by atoms with Crippen LogP contribution in [0.25, 0.3) is 50.8 Å². The Morgan fingerprint density at radius 3 is 1.85 bits per heavy atom. The van der Waals surface area contributed by atoms with Crippen LogP contribution in [0.3, 0.4) is 0 Å². The zero-order valence-corrected chi connectivity index (χ0v) is 27.8. The highest BCUT2D eigenvalue weighted by atomic mass is 35.5. The number of hydrogen-bond donors (Lipinski definition) is 0. The Hall–Kier alpha value is -5.52. The molecule has 0 aliphatic heterocycles. The third-order valence-corrected chi connectivity index (χ3v) is 7.42. The molecular formula is C41H36ClN5. The Labute approximate surface area is 282 Å². The standard InChI is InChI=1S/C41H36ClN5/c1-7-16-30(17-8-2)35-36(43-37(38(42)44-35)33-23-15-18-28(5)25-33)34(24-27(3)4)26-29(6)39-45-40(31-19-11-9-12-20-31)47-41(46-39)32-21-13-10-14-22-32/h7-26H,1,3H2,2,4-6H3/b17-8-,29-26+,30-16+,34-24+. The van der Waals surface area contributed by atoms with E-state index < -0.39 is 0 Å². The van der Waals surface area contributed by atoms with E-state index >= 15 is 0 Å². The molecule has 0 saturated carbocycles. The van der Waals surface area contributed by atoms with Gasteiger partial charge in [-0.1, -0.05) is 145 Å². The lowest BCUT2D eigenvalue weighted by Crippen LogP contribution is -2.05. The molecule has 0 N–H and O–H groups in total. The van der Waals surface area contributed by atoms with Crippen molar-refractivity contribution in [3.63, 3.8) is 0 Å². The van der Waals surface area contributed by atoms with Gasteiger partial charge >= 0.3 is 0 Å². The van der Waals surface area contributed by atoms with Gasteiger partial charge in [0, 0.05) is 27.8 Å². The van der Waals surface area contributed by atoms with E-state index in [2.05, 4.69) is 19.2 Å². The first-order chi connectivity index (χ1) is 22.8. The molecule has 47 heavy (non-hydrogen) atoms. The number of allylic oxidation sites excluding steroid dienone is 10. The maximum Gasteiger partial charge on any atom is 0.164 e. The molecule has 0 fully saturated rings. The first-order valence-electron chi connectivity index (χ1n) is 15.3. The number of nitrogens with zero attached hydrogens (tertiary/aromatic N) is 5. The molecule has 2 aromatic heterocycles. The first-order valence-corrected chi connectivity index (χ1v) is 15.7. The Kier molecular flexibility index (Phi) is 10.6. The Balaban J connectivity index is 1.76. The van der Waals surface area contributed by atoms with Gasteiger partial charge in [-0.2, -0.15) is 0 Å². The van der Waals surface area contributed by atoms with Crippen LogP contribution in [-0.4, -0.2) is 24.9 Å². The second-order valence-corrected chi connectivity index (χ2v) is 11.5. The molecule has 232 valence electrons. The maximum absolute atomic E-state index is 6.87. The molecule has 5 rings (SSSR count). The molecule has 0 radical (unpaired) electrons. The van der Waals surface area contributed by atoms with Crippen molar-refractivity contribution in [2.75, 3.05) is 0 Å². The Morgan fingerprint density at radius 2 is 1.30 bits per heavy atom. The Bertz CT molecular complexity index is 2000. The molecule has 0 amide bonds.